The van der Waals surface area contributed by atoms with Crippen molar-refractivity contribution in [1.29, 1.82) is 5.41 Å². The van der Waals surface area contributed by atoms with Crippen LogP contribution in [0.1, 0.15) is 11.1 Å². The number of methoxy groups -OCH3 is 1. The Morgan fingerprint density at radius 1 is 1.46 bits per heavy atom. The summed E-state index contributed by atoms with van der Waals surface area (Å²) in [7, 11) is 1.62. The summed E-state index contributed by atoms with van der Waals surface area (Å²) in [6.45, 7) is 1.92. The van der Waals surface area contributed by atoms with Gasteiger partial charge in [-0.2, -0.15) is 0 Å². The standard InChI is InChI=1S/C9H12N2O.ClH/c1-6-5-7(9(10)11)3-4-8(6)12-2;/h3-5H,1-2H3,(H3,10,11);1H. The Bertz CT molecular complexity index is 312. The molecule has 0 aliphatic carbocycles. The van der Waals surface area contributed by atoms with Gasteiger partial charge in [-0.05, 0) is 30.7 Å². The predicted molar refractivity (Wildman–Crippen MR) is 56.0 cm³/mol. The van der Waals surface area contributed by atoms with E-state index < -0.39 is 0 Å². The maximum absolute atomic E-state index is 7.20. The number of nitrogen functional groups attached to an aromatic ring is 1. The molecule has 3 N–H and O–H groups in total. The van der Waals surface area contributed by atoms with Crippen LogP contribution in [0.15, 0.2) is 18.2 Å². The summed E-state index contributed by atoms with van der Waals surface area (Å²) in [5, 5.41) is 7.20. The van der Waals surface area contributed by atoms with E-state index in [-0.39, 0.29) is 18.2 Å². The second kappa shape index (κ2) is 4.72. The monoisotopic (exact) mass is 200 g/mol. The molecule has 0 spiro atoms. The largest absolute Gasteiger partial charge is 0.496 e. The molecule has 0 saturated carbocycles. The number of aryl methyl sites for hydroxylation is 1. The number of halogens is 1. The summed E-state index contributed by atoms with van der Waals surface area (Å²) < 4.78 is 5.07. The van der Waals surface area contributed by atoms with E-state index in [1.807, 2.05) is 19.1 Å². The fourth-order valence-electron chi connectivity index (χ4n) is 1.05. The molecule has 13 heavy (non-hydrogen) atoms. The van der Waals surface area contributed by atoms with Gasteiger partial charge in [-0.1, -0.05) is 0 Å². The molecule has 0 fully saturated rings. The van der Waals surface area contributed by atoms with E-state index in [1.54, 1.807) is 13.2 Å². The highest BCUT2D eigenvalue weighted by molar-refractivity contribution is 5.95. The number of benzene rings is 1. The zero-order chi connectivity index (χ0) is 9.14. The van der Waals surface area contributed by atoms with Crippen molar-refractivity contribution in [1.82, 2.24) is 0 Å². The van der Waals surface area contributed by atoms with Gasteiger partial charge >= 0.3 is 0 Å². The first-order chi connectivity index (χ1) is 5.65. The summed E-state index contributed by atoms with van der Waals surface area (Å²) in [5.74, 6) is 0.903. The number of rotatable bonds is 2. The minimum atomic E-state index is 0. The number of hydrogen-bond donors (Lipinski definition) is 2. The highest BCUT2D eigenvalue weighted by atomic mass is 35.5. The number of hydrogen-bond acceptors (Lipinski definition) is 2. The molecule has 4 heteroatoms. The molecule has 0 aliphatic rings. The van der Waals surface area contributed by atoms with E-state index in [0.717, 1.165) is 16.9 Å². The SMILES string of the molecule is COc1ccc(C(=N)N)cc1C.Cl. The van der Waals surface area contributed by atoms with Crippen LogP contribution >= 0.6 is 12.4 Å². The first-order valence-corrected chi connectivity index (χ1v) is 3.64. The van der Waals surface area contributed by atoms with E-state index in [2.05, 4.69) is 0 Å². The van der Waals surface area contributed by atoms with Gasteiger partial charge in [0.2, 0.25) is 0 Å². The molecule has 72 valence electrons. The summed E-state index contributed by atoms with van der Waals surface area (Å²) in [4.78, 5) is 0. The summed E-state index contributed by atoms with van der Waals surface area (Å²) in [6, 6.07) is 5.42. The van der Waals surface area contributed by atoms with Gasteiger partial charge in [0.25, 0.3) is 0 Å². The smallest absolute Gasteiger partial charge is 0.122 e. The lowest BCUT2D eigenvalue weighted by Crippen LogP contribution is -2.11. The predicted octanol–water partition coefficient (Wildman–Crippen LogP) is 1.71. The fourth-order valence-corrected chi connectivity index (χ4v) is 1.05. The summed E-state index contributed by atoms with van der Waals surface area (Å²) in [6.07, 6.45) is 0. The molecule has 0 atom stereocenters. The van der Waals surface area contributed by atoms with Crippen molar-refractivity contribution in [2.24, 2.45) is 5.73 Å². The van der Waals surface area contributed by atoms with Crippen LogP contribution in [-0.2, 0) is 0 Å². The molecule has 1 rings (SSSR count). The van der Waals surface area contributed by atoms with Crippen LogP contribution < -0.4 is 10.5 Å². The van der Waals surface area contributed by atoms with Crippen LogP contribution in [0.2, 0.25) is 0 Å². The average molecular weight is 201 g/mol. The molecular weight excluding hydrogens is 188 g/mol. The highest BCUT2D eigenvalue weighted by Gasteiger charge is 2.00. The van der Waals surface area contributed by atoms with Gasteiger partial charge in [0.1, 0.15) is 11.6 Å². The van der Waals surface area contributed by atoms with Crippen LogP contribution in [0.4, 0.5) is 0 Å². The van der Waals surface area contributed by atoms with Crippen molar-refractivity contribution in [3.63, 3.8) is 0 Å². The van der Waals surface area contributed by atoms with Crippen molar-refractivity contribution in [3.8, 4) is 5.75 Å². The molecule has 0 unspecified atom stereocenters. The number of nitrogens with one attached hydrogen (secondary N) is 1. The molecular formula is C9H13ClN2O. The topological polar surface area (TPSA) is 59.1 Å². The van der Waals surface area contributed by atoms with Crippen LogP contribution in [0.5, 0.6) is 5.75 Å². The van der Waals surface area contributed by atoms with E-state index in [9.17, 15) is 0 Å². The Labute approximate surface area is 83.8 Å². The highest BCUT2D eigenvalue weighted by Crippen LogP contribution is 2.17. The Kier molecular flexibility index (Phi) is 4.28. The minimum Gasteiger partial charge on any atom is -0.496 e. The third-order valence-electron chi connectivity index (χ3n) is 1.71. The van der Waals surface area contributed by atoms with Crippen molar-refractivity contribution in [2.75, 3.05) is 7.11 Å². The summed E-state index contributed by atoms with van der Waals surface area (Å²) in [5.41, 5.74) is 7.04. The lowest BCUT2D eigenvalue weighted by atomic mass is 10.1. The number of ether oxygens (including phenoxy) is 1. The Morgan fingerprint density at radius 3 is 2.46 bits per heavy atom. The van der Waals surface area contributed by atoms with E-state index >= 15 is 0 Å². The molecule has 0 bridgehead atoms. The first-order valence-electron chi connectivity index (χ1n) is 3.64. The molecule has 0 radical (unpaired) electrons. The Balaban J connectivity index is 0.00000144. The lowest BCUT2D eigenvalue weighted by molar-refractivity contribution is 0.411. The second-order valence-electron chi connectivity index (χ2n) is 2.60. The van der Waals surface area contributed by atoms with Crippen molar-refractivity contribution in [3.05, 3.63) is 29.3 Å². The van der Waals surface area contributed by atoms with E-state index in [1.165, 1.54) is 0 Å². The average Bonchev–Trinajstić information content (AvgIpc) is 2.04. The van der Waals surface area contributed by atoms with Crippen molar-refractivity contribution in [2.45, 2.75) is 6.92 Å². The Morgan fingerprint density at radius 2 is 2.08 bits per heavy atom. The van der Waals surface area contributed by atoms with E-state index in [0.29, 0.717) is 0 Å². The first kappa shape index (κ1) is 11.8. The van der Waals surface area contributed by atoms with Crippen LogP contribution in [0.25, 0.3) is 0 Å². The number of nitrogens with two attached hydrogens (primary N) is 1. The van der Waals surface area contributed by atoms with Crippen LogP contribution in [0, 0.1) is 12.3 Å². The van der Waals surface area contributed by atoms with Gasteiger partial charge in [0.05, 0.1) is 7.11 Å². The maximum Gasteiger partial charge on any atom is 0.122 e. The third-order valence-corrected chi connectivity index (χ3v) is 1.71. The third kappa shape index (κ3) is 2.63. The van der Waals surface area contributed by atoms with Gasteiger partial charge in [0.15, 0.2) is 0 Å². The van der Waals surface area contributed by atoms with Gasteiger partial charge < -0.3 is 10.5 Å². The molecule has 1 aromatic rings. The van der Waals surface area contributed by atoms with Gasteiger partial charge in [-0.3, -0.25) is 5.41 Å². The summed E-state index contributed by atoms with van der Waals surface area (Å²) >= 11 is 0. The molecule has 0 aromatic heterocycles. The van der Waals surface area contributed by atoms with Crippen LogP contribution in [-0.4, -0.2) is 12.9 Å². The quantitative estimate of drug-likeness (QED) is 0.564. The zero-order valence-electron chi connectivity index (χ0n) is 7.63. The molecule has 0 amide bonds. The molecule has 0 aliphatic heterocycles. The molecule has 0 heterocycles. The normalized spacial score (nSPS) is 8.77. The number of amidine groups is 1. The molecule has 3 nitrogen and oxygen atoms in total. The van der Waals surface area contributed by atoms with Crippen LogP contribution in [0.3, 0.4) is 0 Å². The zero-order valence-corrected chi connectivity index (χ0v) is 8.44. The molecule has 1 aromatic carbocycles. The van der Waals surface area contributed by atoms with Gasteiger partial charge in [-0.25, -0.2) is 0 Å². The van der Waals surface area contributed by atoms with Crippen molar-refractivity contribution >= 4 is 18.2 Å². The second-order valence-corrected chi connectivity index (χ2v) is 2.60. The van der Waals surface area contributed by atoms with E-state index in [4.69, 9.17) is 15.9 Å². The fraction of sp³-hybridized carbons (Fsp3) is 0.222. The minimum absolute atomic E-state index is 0. The van der Waals surface area contributed by atoms with Gasteiger partial charge in [-0.15, -0.1) is 12.4 Å². The van der Waals surface area contributed by atoms with Crippen molar-refractivity contribution < 1.29 is 4.74 Å². The molecule has 0 saturated heterocycles. The maximum atomic E-state index is 7.20. The lowest BCUT2D eigenvalue weighted by Gasteiger charge is -2.05. The Hall–Kier alpha value is -1.22. The van der Waals surface area contributed by atoms with Gasteiger partial charge in [0, 0.05) is 5.56 Å².